The first-order valence-electron chi connectivity index (χ1n) is 10.9. The Kier molecular flexibility index (Phi) is 8.85. The maximum atomic E-state index is 12.7. The van der Waals surface area contributed by atoms with Gasteiger partial charge in [-0.05, 0) is 65.1 Å². The highest BCUT2D eigenvalue weighted by Crippen LogP contribution is 2.20. The molecule has 0 bridgehead atoms. The Hall–Kier alpha value is -0.650. The third-order valence-corrected chi connectivity index (χ3v) is 6.67. The number of piperazine rings is 1. The van der Waals surface area contributed by atoms with E-state index in [1.165, 1.54) is 45.4 Å². The zero-order valence-electron chi connectivity index (χ0n) is 17.9. The fourth-order valence-electron chi connectivity index (χ4n) is 4.35. The summed E-state index contributed by atoms with van der Waals surface area (Å²) in [4.78, 5) is 22.3. The normalized spacial score (nSPS) is 23.7. The van der Waals surface area contributed by atoms with Crippen molar-refractivity contribution >= 4 is 5.91 Å². The molecule has 0 aromatic rings. The van der Waals surface area contributed by atoms with E-state index in [4.69, 9.17) is 0 Å². The number of likely N-dealkylation sites (tertiary alicyclic amines) is 1. The number of rotatable bonds is 8. The maximum absolute atomic E-state index is 12.7. The number of amides is 1. The van der Waals surface area contributed by atoms with Crippen molar-refractivity contribution in [3.8, 4) is 0 Å². The van der Waals surface area contributed by atoms with Crippen LogP contribution in [0.25, 0.3) is 0 Å². The van der Waals surface area contributed by atoms with Crippen LogP contribution >= 0.6 is 0 Å². The lowest BCUT2D eigenvalue weighted by Gasteiger charge is -2.41. The molecule has 0 aromatic carbocycles. The van der Waals surface area contributed by atoms with Gasteiger partial charge in [0.2, 0.25) is 5.91 Å². The van der Waals surface area contributed by atoms with E-state index in [0.29, 0.717) is 6.04 Å². The number of nitrogens with zero attached hydrogens (tertiary/aromatic N) is 4. The van der Waals surface area contributed by atoms with Gasteiger partial charge in [0.25, 0.3) is 0 Å². The van der Waals surface area contributed by atoms with E-state index in [1.54, 1.807) is 0 Å². The summed E-state index contributed by atoms with van der Waals surface area (Å²) >= 11 is 0. The second kappa shape index (κ2) is 10.6. The first kappa shape index (κ1) is 21.6. The van der Waals surface area contributed by atoms with Crippen molar-refractivity contribution in [3.05, 3.63) is 0 Å². The van der Waals surface area contributed by atoms with Crippen LogP contribution in [0.5, 0.6) is 0 Å². The van der Waals surface area contributed by atoms with Gasteiger partial charge in [0.15, 0.2) is 0 Å². The third-order valence-electron chi connectivity index (χ3n) is 6.67. The minimum Gasteiger partial charge on any atom is -0.342 e. The van der Waals surface area contributed by atoms with Crippen molar-refractivity contribution in [1.82, 2.24) is 19.6 Å². The molecule has 0 aliphatic carbocycles. The number of likely N-dealkylation sites (N-methyl/N-ethyl adjacent to an activating group) is 1. The molecule has 2 atom stereocenters. The van der Waals surface area contributed by atoms with Gasteiger partial charge in [0, 0.05) is 45.8 Å². The van der Waals surface area contributed by atoms with Crippen LogP contribution in [0, 0.1) is 5.92 Å². The van der Waals surface area contributed by atoms with E-state index >= 15 is 0 Å². The maximum Gasteiger partial charge on any atom is 0.239 e. The van der Waals surface area contributed by atoms with Crippen LogP contribution in [0.2, 0.25) is 0 Å². The summed E-state index contributed by atoms with van der Waals surface area (Å²) in [7, 11) is 1.95. The van der Waals surface area contributed by atoms with Crippen LogP contribution < -0.4 is 0 Å². The van der Waals surface area contributed by atoms with Gasteiger partial charge in [0.1, 0.15) is 0 Å². The van der Waals surface area contributed by atoms with Crippen LogP contribution in [0.4, 0.5) is 0 Å². The molecule has 2 saturated heterocycles. The summed E-state index contributed by atoms with van der Waals surface area (Å²) < 4.78 is 0. The van der Waals surface area contributed by atoms with E-state index in [9.17, 15) is 4.79 Å². The lowest BCUT2D eigenvalue weighted by Crippen LogP contribution is -2.55. The Balaban J connectivity index is 1.71. The SMILES string of the molecule is CCCN1CCC(CN2CCN([C@@H](C)C(=O)N(C)C(C)CC)CC2)CC1. The molecule has 2 rings (SSSR count). The summed E-state index contributed by atoms with van der Waals surface area (Å²) in [6, 6.07) is 0.332. The van der Waals surface area contributed by atoms with Gasteiger partial charge in [-0.25, -0.2) is 0 Å². The molecule has 26 heavy (non-hydrogen) atoms. The zero-order valence-corrected chi connectivity index (χ0v) is 17.9. The van der Waals surface area contributed by atoms with E-state index in [1.807, 2.05) is 11.9 Å². The second-order valence-electron chi connectivity index (χ2n) is 8.50. The number of hydrogen-bond acceptors (Lipinski definition) is 4. The average Bonchev–Trinajstić information content (AvgIpc) is 2.68. The number of carbonyl (C=O) groups excluding carboxylic acids is 1. The summed E-state index contributed by atoms with van der Waals surface area (Å²) in [6.45, 7) is 18.0. The molecule has 152 valence electrons. The fourth-order valence-corrected chi connectivity index (χ4v) is 4.35. The minimum absolute atomic E-state index is 0.00781. The van der Waals surface area contributed by atoms with Crippen molar-refractivity contribution < 1.29 is 4.79 Å². The lowest BCUT2D eigenvalue weighted by atomic mass is 9.95. The molecule has 5 heteroatoms. The third kappa shape index (κ3) is 5.93. The Labute approximate surface area is 161 Å². The Morgan fingerprint density at radius 1 is 1.00 bits per heavy atom. The van der Waals surface area contributed by atoms with Crippen molar-refractivity contribution in [1.29, 1.82) is 0 Å². The Bertz CT molecular complexity index is 414. The topological polar surface area (TPSA) is 30.0 Å². The number of piperidine rings is 1. The van der Waals surface area contributed by atoms with E-state index in [-0.39, 0.29) is 11.9 Å². The van der Waals surface area contributed by atoms with Crippen LogP contribution in [0.15, 0.2) is 0 Å². The standard InChI is InChI=1S/C21H42N4O/c1-6-10-23-11-8-20(9-12-23)17-24-13-15-25(16-14-24)19(4)21(26)22(5)18(3)7-2/h18-20H,6-17H2,1-5H3/t18?,19-/m0/s1. The van der Waals surface area contributed by atoms with E-state index in [2.05, 4.69) is 42.4 Å². The quantitative estimate of drug-likeness (QED) is 0.660. The lowest BCUT2D eigenvalue weighted by molar-refractivity contribution is -0.137. The van der Waals surface area contributed by atoms with Gasteiger partial charge < -0.3 is 14.7 Å². The molecule has 2 aliphatic rings. The first-order chi connectivity index (χ1) is 12.5. The summed E-state index contributed by atoms with van der Waals surface area (Å²) in [5.41, 5.74) is 0. The largest absolute Gasteiger partial charge is 0.342 e. The molecule has 2 aliphatic heterocycles. The summed E-state index contributed by atoms with van der Waals surface area (Å²) in [6.07, 6.45) is 5.00. The minimum atomic E-state index is 0.00781. The first-order valence-corrected chi connectivity index (χ1v) is 10.9. The fraction of sp³-hybridized carbons (Fsp3) is 0.952. The van der Waals surface area contributed by atoms with Crippen molar-refractivity contribution in [3.63, 3.8) is 0 Å². The molecule has 2 fully saturated rings. The van der Waals surface area contributed by atoms with Crippen molar-refractivity contribution in [2.75, 3.05) is 59.4 Å². The molecule has 0 radical (unpaired) electrons. The van der Waals surface area contributed by atoms with Gasteiger partial charge in [-0.3, -0.25) is 9.69 Å². The molecule has 1 unspecified atom stereocenters. The van der Waals surface area contributed by atoms with E-state index in [0.717, 1.165) is 38.5 Å². The predicted molar refractivity (Wildman–Crippen MR) is 109 cm³/mol. The van der Waals surface area contributed by atoms with Crippen molar-refractivity contribution in [2.24, 2.45) is 5.92 Å². The van der Waals surface area contributed by atoms with Gasteiger partial charge in [-0.15, -0.1) is 0 Å². The van der Waals surface area contributed by atoms with Crippen molar-refractivity contribution in [2.45, 2.75) is 65.5 Å². The van der Waals surface area contributed by atoms with Gasteiger partial charge in [-0.1, -0.05) is 13.8 Å². The number of carbonyl (C=O) groups is 1. The predicted octanol–water partition coefficient (Wildman–Crippen LogP) is 2.37. The highest BCUT2D eigenvalue weighted by Gasteiger charge is 2.29. The molecule has 0 saturated carbocycles. The van der Waals surface area contributed by atoms with Gasteiger partial charge >= 0.3 is 0 Å². The smallest absolute Gasteiger partial charge is 0.239 e. The summed E-state index contributed by atoms with van der Waals surface area (Å²) in [5.74, 6) is 1.14. The van der Waals surface area contributed by atoms with Crippen LogP contribution in [-0.2, 0) is 4.79 Å². The monoisotopic (exact) mass is 366 g/mol. The highest BCUT2D eigenvalue weighted by molar-refractivity contribution is 5.81. The molecule has 0 N–H and O–H groups in total. The second-order valence-corrected chi connectivity index (χ2v) is 8.50. The number of hydrogen-bond donors (Lipinski definition) is 0. The van der Waals surface area contributed by atoms with Gasteiger partial charge in [0.05, 0.1) is 6.04 Å². The molecule has 0 spiro atoms. The molecule has 5 nitrogen and oxygen atoms in total. The molecular formula is C21H42N4O. The molecule has 1 amide bonds. The van der Waals surface area contributed by atoms with Crippen LogP contribution in [0.3, 0.4) is 0 Å². The van der Waals surface area contributed by atoms with Crippen LogP contribution in [0.1, 0.15) is 53.4 Å². The molecule has 2 heterocycles. The Morgan fingerprint density at radius 3 is 2.15 bits per heavy atom. The van der Waals surface area contributed by atoms with E-state index < -0.39 is 0 Å². The molecule has 0 aromatic heterocycles. The van der Waals surface area contributed by atoms with Crippen LogP contribution in [-0.4, -0.2) is 97.0 Å². The zero-order chi connectivity index (χ0) is 19.1. The average molecular weight is 367 g/mol. The summed E-state index contributed by atoms with van der Waals surface area (Å²) in [5, 5.41) is 0. The highest BCUT2D eigenvalue weighted by atomic mass is 16.2. The molecular weight excluding hydrogens is 324 g/mol. The van der Waals surface area contributed by atoms with Gasteiger partial charge in [-0.2, -0.15) is 0 Å². The Morgan fingerprint density at radius 2 is 1.62 bits per heavy atom.